The Morgan fingerprint density at radius 3 is 1.86 bits per heavy atom. The van der Waals surface area contributed by atoms with Crippen LogP contribution in [-0.2, 0) is 24.3 Å². The molecule has 3 aromatic carbocycles. The van der Waals surface area contributed by atoms with Gasteiger partial charge in [-0.25, -0.2) is 13.2 Å². The fraction of sp³-hybridized carbons (Fsp3) is 0.269. The van der Waals surface area contributed by atoms with Crippen molar-refractivity contribution in [3.63, 3.8) is 0 Å². The first-order valence-corrected chi connectivity index (χ1v) is 14.6. The molecule has 0 aromatic heterocycles. The van der Waals surface area contributed by atoms with Gasteiger partial charge in [0.25, 0.3) is 10.1 Å². The highest BCUT2D eigenvalue weighted by Crippen LogP contribution is 2.28. The third-order valence-electron chi connectivity index (χ3n) is 6.08. The van der Waals surface area contributed by atoms with Crippen LogP contribution in [0.25, 0.3) is 0 Å². The normalized spacial score (nSPS) is 16.4. The van der Waals surface area contributed by atoms with E-state index in [1.807, 2.05) is 26.0 Å². The molecule has 1 atom stereocenters. The van der Waals surface area contributed by atoms with Crippen molar-refractivity contribution < 1.29 is 25.8 Å². The van der Waals surface area contributed by atoms with E-state index in [0.717, 1.165) is 11.1 Å². The van der Waals surface area contributed by atoms with Crippen LogP contribution in [0, 0.1) is 13.8 Å². The number of anilines is 2. The number of hydrogen-bond acceptors (Lipinski definition) is 6. The average molecular weight is 544 g/mol. The van der Waals surface area contributed by atoms with Gasteiger partial charge in [-0.1, -0.05) is 35.4 Å². The number of aryl methyl sites for hydroxylation is 2. The molecule has 0 unspecified atom stereocenters. The first kappa shape index (κ1) is 26.8. The maximum atomic E-state index is 13.3. The second-order valence-corrected chi connectivity index (χ2v) is 12.4. The fourth-order valence-corrected chi connectivity index (χ4v) is 6.63. The van der Waals surface area contributed by atoms with E-state index >= 15 is 0 Å². The van der Waals surface area contributed by atoms with Gasteiger partial charge in [0.05, 0.1) is 22.4 Å². The second-order valence-electron chi connectivity index (χ2n) is 8.93. The predicted octanol–water partition coefficient (Wildman–Crippen LogP) is 4.51. The molecule has 3 aromatic rings. The Bertz CT molecular complexity index is 1450. The Kier molecular flexibility index (Phi) is 7.98. The van der Waals surface area contributed by atoms with E-state index in [0.29, 0.717) is 24.2 Å². The fourth-order valence-electron chi connectivity index (χ4n) is 4.01. The highest BCUT2D eigenvalue weighted by Gasteiger charge is 2.36. The van der Waals surface area contributed by atoms with Crippen LogP contribution < -0.4 is 10.6 Å². The van der Waals surface area contributed by atoms with Crippen molar-refractivity contribution in [1.29, 1.82) is 0 Å². The van der Waals surface area contributed by atoms with Crippen molar-refractivity contribution in [2.24, 2.45) is 0 Å². The summed E-state index contributed by atoms with van der Waals surface area (Å²) in [4.78, 5) is 12.3. The smallest absolute Gasteiger partial charge is 0.308 e. The van der Waals surface area contributed by atoms with Gasteiger partial charge in [-0.3, -0.25) is 4.18 Å². The molecule has 0 aliphatic carbocycles. The molecule has 1 heterocycles. The Morgan fingerprint density at radius 2 is 1.30 bits per heavy atom. The number of sulfonamides is 1. The SMILES string of the molecule is Cc1ccc(NC(=O)Nc2ccc(S(=O)(=O)N3CCC[C@@H]3COS(=O)(=O)c3ccc(C)cc3)cc2)cc1. The van der Waals surface area contributed by atoms with Crippen molar-refractivity contribution >= 4 is 37.5 Å². The van der Waals surface area contributed by atoms with Crippen LogP contribution in [0.5, 0.6) is 0 Å². The monoisotopic (exact) mass is 543 g/mol. The van der Waals surface area contributed by atoms with Crippen molar-refractivity contribution in [3.05, 3.63) is 83.9 Å². The Hall–Kier alpha value is -3.25. The molecule has 2 amide bonds. The minimum Gasteiger partial charge on any atom is -0.308 e. The van der Waals surface area contributed by atoms with E-state index in [2.05, 4.69) is 10.6 Å². The van der Waals surface area contributed by atoms with Crippen LogP contribution >= 0.6 is 0 Å². The third-order valence-corrected chi connectivity index (χ3v) is 9.34. The van der Waals surface area contributed by atoms with E-state index in [1.165, 1.54) is 40.7 Å². The molecule has 1 aliphatic rings. The van der Waals surface area contributed by atoms with Gasteiger partial charge in [-0.2, -0.15) is 12.7 Å². The molecule has 11 heteroatoms. The quantitative estimate of drug-likeness (QED) is 0.403. The maximum absolute atomic E-state index is 13.3. The van der Waals surface area contributed by atoms with Gasteiger partial charge in [-0.05, 0) is 75.2 Å². The molecular weight excluding hydrogens is 514 g/mol. The van der Waals surface area contributed by atoms with Gasteiger partial charge in [0, 0.05) is 17.9 Å². The summed E-state index contributed by atoms with van der Waals surface area (Å²) in [6.45, 7) is 3.79. The van der Waals surface area contributed by atoms with Crippen LogP contribution in [0.4, 0.5) is 16.2 Å². The molecule has 0 radical (unpaired) electrons. The van der Waals surface area contributed by atoms with E-state index in [4.69, 9.17) is 4.18 Å². The predicted molar refractivity (Wildman–Crippen MR) is 141 cm³/mol. The average Bonchev–Trinajstić information content (AvgIpc) is 3.35. The van der Waals surface area contributed by atoms with Gasteiger partial charge in [-0.15, -0.1) is 0 Å². The van der Waals surface area contributed by atoms with E-state index in [-0.39, 0.29) is 22.9 Å². The van der Waals surface area contributed by atoms with Gasteiger partial charge in [0.15, 0.2) is 0 Å². The van der Waals surface area contributed by atoms with E-state index in [9.17, 15) is 21.6 Å². The maximum Gasteiger partial charge on any atom is 0.323 e. The third kappa shape index (κ3) is 6.55. The number of amides is 2. The molecule has 4 rings (SSSR count). The first-order valence-electron chi connectivity index (χ1n) is 11.8. The molecule has 0 bridgehead atoms. The van der Waals surface area contributed by atoms with Crippen molar-refractivity contribution in [3.8, 4) is 0 Å². The Balaban J connectivity index is 1.39. The largest absolute Gasteiger partial charge is 0.323 e. The summed E-state index contributed by atoms with van der Waals surface area (Å²) in [5.74, 6) is 0. The Labute approximate surface area is 217 Å². The highest BCUT2D eigenvalue weighted by molar-refractivity contribution is 7.89. The van der Waals surface area contributed by atoms with Crippen LogP contribution in [-0.4, -0.2) is 46.4 Å². The van der Waals surface area contributed by atoms with Crippen LogP contribution in [0.1, 0.15) is 24.0 Å². The zero-order chi connectivity index (χ0) is 26.6. The summed E-state index contributed by atoms with van der Waals surface area (Å²) in [6, 6.07) is 18.4. The van der Waals surface area contributed by atoms with Gasteiger partial charge < -0.3 is 10.6 Å². The lowest BCUT2D eigenvalue weighted by Crippen LogP contribution is -2.38. The number of carbonyl (C=O) groups excluding carboxylic acids is 1. The molecule has 0 saturated carbocycles. The van der Waals surface area contributed by atoms with Crippen LogP contribution in [0.3, 0.4) is 0 Å². The van der Waals surface area contributed by atoms with Crippen molar-refractivity contribution in [2.45, 2.75) is 42.5 Å². The van der Waals surface area contributed by atoms with Crippen LogP contribution in [0.15, 0.2) is 82.6 Å². The molecule has 1 aliphatic heterocycles. The van der Waals surface area contributed by atoms with Gasteiger partial charge in [0.2, 0.25) is 10.0 Å². The molecule has 0 spiro atoms. The molecule has 37 heavy (non-hydrogen) atoms. The Morgan fingerprint density at radius 1 is 0.811 bits per heavy atom. The summed E-state index contributed by atoms with van der Waals surface area (Å²) in [7, 11) is -7.90. The zero-order valence-corrected chi connectivity index (χ0v) is 22.2. The minimum absolute atomic E-state index is 0.0278. The number of nitrogens with one attached hydrogen (secondary N) is 2. The molecule has 2 N–H and O–H groups in total. The zero-order valence-electron chi connectivity index (χ0n) is 20.5. The van der Waals surface area contributed by atoms with E-state index < -0.39 is 32.2 Å². The molecule has 9 nitrogen and oxygen atoms in total. The van der Waals surface area contributed by atoms with Gasteiger partial charge >= 0.3 is 6.03 Å². The number of carbonyl (C=O) groups is 1. The molecule has 1 fully saturated rings. The number of rotatable bonds is 8. The van der Waals surface area contributed by atoms with E-state index in [1.54, 1.807) is 24.3 Å². The van der Waals surface area contributed by atoms with Crippen LogP contribution in [0.2, 0.25) is 0 Å². The highest BCUT2D eigenvalue weighted by atomic mass is 32.2. The standard InChI is InChI=1S/C26H29N3O6S2/c1-19-5-9-21(10-6-19)27-26(30)28-22-11-15-24(16-12-22)36(31,32)29-17-3-4-23(29)18-35-37(33,34)25-13-7-20(2)8-14-25/h5-16,23H,3-4,17-18H2,1-2H3,(H2,27,28,30)/t23-/m1/s1. The topological polar surface area (TPSA) is 122 Å². The summed E-state index contributed by atoms with van der Waals surface area (Å²) in [5, 5.41) is 5.39. The number of benzene rings is 3. The summed E-state index contributed by atoms with van der Waals surface area (Å²) >= 11 is 0. The minimum atomic E-state index is -4.01. The van der Waals surface area contributed by atoms with Crippen molar-refractivity contribution in [1.82, 2.24) is 4.31 Å². The van der Waals surface area contributed by atoms with Crippen molar-refractivity contribution in [2.75, 3.05) is 23.8 Å². The molecular formula is C26H29N3O6S2. The molecule has 1 saturated heterocycles. The summed E-state index contributed by atoms with van der Waals surface area (Å²) in [5.41, 5.74) is 3.05. The second kappa shape index (κ2) is 11.0. The number of nitrogens with zero attached hydrogens (tertiary/aromatic N) is 1. The van der Waals surface area contributed by atoms with Gasteiger partial charge in [0.1, 0.15) is 0 Å². The lowest BCUT2D eigenvalue weighted by molar-refractivity contribution is 0.237. The lowest BCUT2D eigenvalue weighted by Gasteiger charge is -2.24. The first-order chi connectivity index (χ1) is 17.5. The number of urea groups is 1. The lowest BCUT2D eigenvalue weighted by atomic mass is 10.2. The number of hydrogen-bond donors (Lipinski definition) is 2. The summed E-state index contributed by atoms with van der Waals surface area (Å²) < 4.78 is 58.2. The summed E-state index contributed by atoms with van der Waals surface area (Å²) in [6.07, 6.45) is 1.08. The molecule has 196 valence electrons.